The van der Waals surface area contributed by atoms with Crippen LogP contribution in [0.1, 0.15) is 5.82 Å². The summed E-state index contributed by atoms with van der Waals surface area (Å²) < 4.78 is 7.43. The second kappa shape index (κ2) is 4.65. The van der Waals surface area contributed by atoms with Crippen LogP contribution in [0.2, 0.25) is 0 Å². The SMILES string of the molecule is Cn1cnnc1CCOc1ccc(N)cc1. The number of aryl methyl sites for hydroxylation is 1. The monoisotopic (exact) mass is 218 g/mol. The number of benzene rings is 1. The van der Waals surface area contributed by atoms with Crippen LogP contribution in [0, 0.1) is 0 Å². The van der Waals surface area contributed by atoms with Gasteiger partial charge in [0.05, 0.1) is 6.61 Å². The second-order valence-electron chi connectivity index (χ2n) is 3.53. The molecular weight excluding hydrogens is 204 g/mol. The molecule has 0 atom stereocenters. The van der Waals surface area contributed by atoms with Gasteiger partial charge in [-0.1, -0.05) is 0 Å². The van der Waals surface area contributed by atoms with Gasteiger partial charge < -0.3 is 15.0 Å². The Bertz CT molecular complexity index is 449. The maximum Gasteiger partial charge on any atom is 0.135 e. The van der Waals surface area contributed by atoms with Crippen LogP contribution >= 0.6 is 0 Å². The Kier molecular flexibility index (Phi) is 3.05. The van der Waals surface area contributed by atoms with Crippen LogP contribution in [0.3, 0.4) is 0 Å². The van der Waals surface area contributed by atoms with E-state index in [1.807, 2.05) is 35.9 Å². The number of anilines is 1. The molecule has 0 aliphatic heterocycles. The maximum atomic E-state index is 5.58. The number of aromatic nitrogens is 3. The first-order chi connectivity index (χ1) is 7.75. The van der Waals surface area contributed by atoms with Crippen molar-refractivity contribution < 1.29 is 4.74 Å². The van der Waals surface area contributed by atoms with Gasteiger partial charge in [-0.25, -0.2) is 0 Å². The van der Waals surface area contributed by atoms with Gasteiger partial charge in [-0.05, 0) is 24.3 Å². The molecule has 0 radical (unpaired) electrons. The average molecular weight is 218 g/mol. The molecule has 0 amide bonds. The van der Waals surface area contributed by atoms with Gasteiger partial charge in [0.1, 0.15) is 17.9 Å². The van der Waals surface area contributed by atoms with E-state index in [0.29, 0.717) is 6.61 Å². The molecule has 2 aromatic rings. The van der Waals surface area contributed by atoms with Crippen LogP contribution in [0.4, 0.5) is 5.69 Å². The zero-order valence-electron chi connectivity index (χ0n) is 9.13. The third-order valence-electron chi connectivity index (χ3n) is 2.28. The number of nitrogen functional groups attached to an aromatic ring is 1. The fraction of sp³-hybridized carbons (Fsp3) is 0.273. The third kappa shape index (κ3) is 2.50. The van der Waals surface area contributed by atoms with Crippen LogP contribution in [-0.4, -0.2) is 21.4 Å². The van der Waals surface area contributed by atoms with E-state index >= 15 is 0 Å². The first-order valence-electron chi connectivity index (χ1n) is 5.07. The molecule has 0 saturated carbocycles. The number of nitrogens with zero attached hydrogens (tertiary/aromatic N) is 3. The molecule has 0 fully saturated rings. The minimum absolute atomic E-state index is 0.580. The fourth-order valence-corrected chi connectivity index (χ4v) is 1.36. The fourth-order valence-electron chi connectivity index (χ4n) is 1.36. The van der Waals surface area contributed by atoms with E-state index in [9.17, 15) is 0 Å². The van der Waals surface area contributed by atoms with E-state index in [4.69, 9.17) is 10.5 Å². The Balaban J connectivity index is 1.84. The Morgan fingerprint density at radius 1 is 1.31 bits per heavy atom. The van der Waals surface area contributed by atoms with Crippen molar-refractivity contribution in [3.63, 3.8) is 0 Å². The molecule has 0 bridgehead atoms. The molecule has 0 unspecified atom stereocenters. The molecule has 2 N–H and O–H groups in total. The van der Waals surface area contributed by atoms with Crippen molar-refractivity contribution in [3.8, 4) is 5.75 Å². The summed E-state index contributed by atoms with van der Waals surface area (Å²) in [5, 5.41) is 7.77. The highest BCUT2D eigenvalue weighted by molar-refractivity contribution is 5.41. The predicted molar refractivity (Wildman–Crippen MR) is 61.1 cm³/mol. The molecule has 0 spiro atoms. The molecule has 1 heterocycles. The molecule has 0 aliphatic rings. The summed E-state index contributed by atoms with van der Waals surface area (Å²) in [5.41, 5.74) is 6.31. The molecule has 5 heteroatoms. The minimum atomic E-state index is 0.580. The summed E-state index contributed by atoms with van der Waals surface area (Å²) in [5.74, 6) is 1.73. The lowest BCUT2D eigenvalue weighted by atomic mass is 10.3. The zero-order valence-corrected chi connectivity index (χ0v) is 9.13. The van der Waals surface area contributed by atoms with Crippen molar-refractivity contribution in [1.29, 1.82) is 0 Å². The van der Waals surface area contributed by atoms with E-state index in [0.717, 1.165) is 23.7 Å². The summed E-state index contributed by atoms with van der Waals surface area (Å²) in [6.07, 6.45) is 2.42. The summed E-state index contributed by atoms with van der Waals surface area (Å²) >= 11 is 0. The van der Waals surface area contributed by atoms with Gasteiger partial charge in [-0.3, -0.25) is 0 Å². The van der Waals surface area contributed by atoms with E-state index in [2.05, 4.69) is 10.2 Å². The van der Waals surface area contributed by atoms with E-state index in [-0.39, 0.29) is 0 Å². The minimum Gasteiger partial charge on any atom is -0.493 e. The summed E-state index contributed by atoms with van der Waals surface area (Å²) in [6.45, 7) is 0.580. The lowest BCUT2D eigenvalue weighted by Crippen LogP contribution is -2.06. The molecule has 2 rings (SSSR count). The molecule has 84 valence electrons. The highest BCUT2D eigenvalue weighted by Gasteiger charge is 2.00. The lowest BCUT2D eigenvalue weighted by molar-refractivity contribution is 0.317. The smallest absolute Gasteiger partial charge is 0.135 e. The largest absolute Gasteiger partial charge is 0.493 e. The average Bonchev–Trinajstić information content (AvgIpc) is 2.68. The molecular formula is C11H14N4O. The standard InChI is InChI=1S/C11H14N4O/c1-15-8-13-14-11(15)6-7-16-10-4-2-9(12)3-5-10/h2-5,8H,6-7,12H2,1H3. The van der Waals surface area contributed by atoms with Gasteiger partial charge in [0.15, 0.2) is 0 Å². The van der Waals surface area contributed by atoms with Crippen molar-refractivity contribution in [2.45, 2.75) is 6.42 Å². The van der Waals surface area contributed by atoms with Crippen molar-refractivity contribution in [1.82, 2.24) is 14.8 Å². The zero-order chi connectivity index (χ0) is 11.4. The summed E-state index contributed by atoms with van der Waals surface area (Å²) in [6, 6.07) is 7.34. The Hall–Kier alpha value is -2.04. The lowest BCUT2D eigenvalue weighted by Gasteiger charge is -2.05. The number of ether oxygens (including phenoxy) is 1. The first-order valence-corrected chi connectivity index (χ1v) is 5.07. The van der Waals surface area contributed by atoms with Crippen molar-refractivity contribution in [2.75, 3.05) is 12.3 Å². The Morgan fingerprint density at radius 3 is 2.69 bits per heavy atom. The Morgan fingerprint density at radius 2 is 2.06 bits per heavy atom. The van der Waals surface area contributed by atoms with Gasteiger partial charge in [0.2, 0.25) is 0 Å². The molecule has 0 aliphatic carbocycles. The number of hydrogen-bond donors (Lipinski definition) is 1. The van der Waals surface area contributed by atoms with Gasteiger partial charge in [0.25, 0.3) is 0 Å². The normalized spacial score (nSPS) is 10.3. The topological polar surface area (TPSA) is 66.0 Å². The number of nitrogens with two attached hydrogens (primary N) is 1. The van der Waals surface area contributed by atoms with Gasteiger partial charge in [-0.15, -0.1) is 10.2 Å². The highest BCUT2D eigenvalue weighted by atomic mass is 16.5. The van der Waals surface area contributed by atoms with Crippen LogP contribution < -0.4 is 10.5 Å². The van der Waals surface area contributed by atoms with Gasteiger partial charge in [-0.2, -0.15) is 0 Å². The van der Waals surface area contributed by atoms with E-state index < -0.39 is 0 Å². The Labute approximate surface area is 93.9 Å². The molecule has 1 aromatic carbocycles. The molecule has 5 nitrogen and oxygen atoms in total. The highest BCUT2D eigenvalue weighted by Crippen LogP contribution is 2.13. The first kappa shape index (κ1) is 10.5. The van der Waals surface area contributed by atoms with Crippen LogP contribution in [0.25, 0.3) is 0 Å². The van der Waals surface area contributed by atoms with Crippen LogP contribution in [0.5, 0.6) is 5.75 Å². The van der Waals surface area contributed by atoms with Crippen LogP contribution in [-0.2, 0) is 13.5 Å². The second-order valence-corrected chi connectivity index (χ2v) is 3.53. The van der Waals surface area contributed by atoms with Crippen molar-refractivity contribution >= 4 is 5.69 Å². The summed E-state index contributed by atoms with van der Waals surface area (Å²) in [4.78, 5) is 0. The van der Waals surface area contributed by atoms with Gasteiger partial charge in [0, 0.05) is 19.2 Å². The van der Waals surface area contributed by atoms with Crippen molar-refractivity contribution in [3.05, 3.63) is 36.4 Å². The third-order valence-corrected chi connectivity index (χ3v) is 2.28. The van der Waals surface area contributed by atoms with Crippen molar-refractivity contribution in [2.24, 2.45) is 7.05 Å². The van der Waals surface area contributed by atoms with Crippen LogP contribution in [0.15, 0.2) is 30.6 Å². The van der Waals surface area contributed by atoms with E-state index in [1.165, 1.54) is 0 Å². The maximum absolute atomic E-state index is 5.58. The number of rotatable bonds is 4. The van der Waals surface area contributed by atoms with Gasteiger partial charge >= 0.3 is 0 Å². The summed E-state index contributed by atoms with van der Waals surface area (Å²) in [7, 11) is 1.92. The molecule has 16 heavy (non-hydrogen) atoms. The molecule has 0 saturated heterocycles. The predicted octanol–water partition coefficient (Wildman–Crippen LogP) is 1.02. The molecule has 1 aromatic heterocycles. The number of hydrogen-bond acceptors (Lipinski definition) is 4. The van der Waals surface area contributed by atoms with E-state index in [1.54, 1.807) is 6.33 Å². The quantitative estimate of drug-likeness (QED) is 0.778.